The van der Waals surface area contributed by atoms with E-state index in [1.165, 1.54) is 7.11 Å². The SMILES string of the molecule is Brc1cccc(Nc2c(-c3ccccc3)nc3cnccn23)c1.COC(=O)c1cccc(Nc2c(-c3ccccc3)nc3cnccn23)c1.COc1ccc(Nc2c(-c3ccccc3)nc3cnccn23)cc1.Clc1ccc(Nc2c(-c3ccccc3)nc3cnccn23)cc1.Clc1ccccc1Nc1c(-c2ccccc2)nc2cnccn12. The van der Waals surface area contributed by atoms with E-state index in [0.29, 0.717) is 15.6 Å². The zero-order valence-corrected chi connectivity index (χ0v) is 66.8. The van der Waals surface area contributed by atoms with Crippen LogP contribution in [0, 0.1) is 0 Å². The molecule has 582 valence electrons. The highest BCUT2D eigenvalue weighted by Gasteiger charge is 2.21. The first-order valence-electron chi connectivity index (χ1n) is 37.4. The molecule has 0 unspecified atom stereocenters. The van der Waals surface area contributed by atoms with Crippen molar-refractivity contribution in [2.75, 3.05) is 40.8 Å². The molecular weight excluding hydrogens is 1600 g/mol. The lowest BCUT2D eigenvalue weighted by Crippen LogP contribution is -2.02. The average molecular weight is 1670 g/mol. The number of anilines is 10. The minimum atomic E-state index is -0.376. The molecule has 0 bridgehead atoms. The van der Waals surface area contributed by atoms with Crippen LogP contribution in [0.4, 0.5) is 57.5 Å². The van der Waals surface area contributed by atoms with Crippen LogP contribution in [0.1, 0.15) is 10.4 Å². The van der Waals surface area contributed by atoms with Gasteiger partial charge in [-0.25, -0.2) is 29.7 Å². The minimum absolute atomic E-state index is 0.376. The lowest BCUT2D eigenvalue weighted by Gasteiger charge is -2.10. The van der Waals surface area contributed by atoms with E-state index in [-0.39, 0.29) is 5.97 Å². The van der Waals surface area contributed by atoms with Gasteiger partial charge >= 0.3 is 5.97 Å². The summed E-state index contributed by atoms with van der Waals surface area (Å²) in [6.07, 6.45) is 26.9. The van der Waals surface area contributed by atoms with Crippen LogP contribution in [0.5, 0.6) is 5.75 Å². The van der Waals surface area contributed by atoms with E-state index >= 15 is 0 Å². The quantitative estimate of drug-likeness (QED) is 0.0532. The third-order valence-corrected chi connectivity index (χ3v) is 19.7. The van der Waals surface area contributed by atoms with E-state index in [2.05, 4.69) is 91.7 Å². The predicted molar refractivity (Wildman–Crippen MR) is 476 cm³/mol. The number of rotatable bonds is 17. The van der Waals surface area contributed by atoms with Crippen LogP contribution in [0.3, 0.4) is 0 Å². The zero-order chi connectivity index (χ0) is 81.2. The number of esters is 1. The summed E-state index contributed by atoms with van der Waals surface area (Å²) in [5.41, 5.74) is 18.4. The van der Waals surface area contributed by atoms with Crippen molar-refractivity contribution in [3.8, 4) is 62.0 Å². The number of benzene rings is 10. The molecule has 23 nitrogen and oxygen atoms in total. The summed E-state index contributed by atoms with van der Waals surface area (Å²) in [5.74, 6) is 4.84. The summed E-state index contributed by atoms with van der Waals surface area (Å²) < 4.78 is 20.9. The molecule has 20 aromatic rings. The summed E-state index contributed by atoms with van der Waals surface area (Å²) in [4.78, 5) is 56.1. The van der Waals surface area contributed by atoms with Gasteiger partial charge in [0.1, 0.15) is 63.3 Å². The van der Waals surface area contributed by atoms with Gasteiger partial charge in [-0.15, -0.1) is 0 Å². The lowest BCUT2D eigenvalue weighted by molar-refractivity contribution is 0.0600. The Kier molecular flexibility index (Phi) is 24.0. The Hall–Kier alpha value is -15.4. The number of carbonyl (C=O) groups excluding carboxylic acids is 1. The summed E-state index contributed by atoms with van der Waals surface area (Å²) in [6, 6.07) is 88.6. The molecule has 0 atom stereocenters. The molecule has 0 amide bonds. The molecule has 0 fully saturated rings. The van der Waals surface area contributed by atoms with Crippen molar-refractivity contribution in [1.82, 2.24) is 71.8 Å². The third-order valence-electron chi connectivity index (χ3n) is 18.6. The molecule has 119 heavy (non-hydrogen) atoms. The first-order valence-corrected chi connectivity index (χ1v) is 38.9. The molecule has 0 spiro atoms. The standard InChI is InChI=1S/C20H16N4O2.C19H16N4O.C18H13BrN4.2C18H13ClN4/c1-26-20(25)15-8-5-9-16(12-15)22-19-18(14-6-3-2-4-7-14)23-17-13-21-10-11-24(17)19;1-24-16-9-7-15(8-10-16)21-19-18(14-5-3-2-4-6-14)22-17-13-20-11-12-23(17)19;19-14-7-4-8-15(11-14)21-18-17(13-5-2-1-3-6-13)22-16-12-20-9-10-23(16)18;19-14-8-4-5-9-15(14)21-18-17(13-6-2-1-3-7-13)22-16-12-20-10-11-23(16)18;19-14-6-8-15(9-7-14)21-18-17(13-4-2-1-3-5-13)22-16-12-20-10-11-23(16)18/h2-13,22H,1H3;2-13,21H,1H3;3*1-12,21H. The summed E-state index contributed by atoms with van der Waals surface area (Å²) in [5, 5.41) is 18.5. The van der Waals surface area contributed by atoms with Crippen molar-refractivity contribution in [2.45, 2.75) is 0 Å². The molecule has 10 heterocycles. The van der Waals surface area contributed by atoms with Gasteiger partial charge in [0.05, 0.1) is 61.5 Å². The zero-order valence-electron chi connectivity index (χ0n) is 63.7. The molecule has 0 saturated heterocycles. The van der Waals surface area contributed by atoms with Crippen LogP contribution < -0.4 is 31.3 Å². The topological polar surface area (TPSA) is 247 Å². The molecule has 20 rings (SSSR count). The van der Waals surface area contributed by atoms with E-state index in [1.54, 1.807) is 81.2 Å². The number of imidazole rings is 5. The van der Waals surface area contributed by atoms with E-state index in [1.807, 2.05) is 290 Å². The van der Waals surface area contributed by atoms with Crippen molar-refractivity contribution in [1.29, 1.82) is 0 Å². The van der Waals surface area contributed by atoms with E-state index < -0.39 is 0 Å². The smallest absolute Gasteiger partial charge is 0.337 e. The molecule has 0 aliphatic carbocycles. The molecule has 5 N–H and O–H groups in total. The number of methoxy groups -OCH3 is 2. The van der Waals surface area contributed by atoms with E-state index in [9.17, 15) is 4.79 Å². The Labute approximate surface area is 701 Å². The van der Waals surface area contributed by atoms with Crippen LogP contribution in [0.25, 0.3) is 84.5 Å². The number of nitrogens with zero attached hydrogens (tertiary/aromatic N) is 15. The predicted octanol–water partition coefficient (Wildman–Crippen LogP) is 22.6. The first-order chi connectivity index (χ1) is 58.6. The Morgan fingerprint density at radius 1 is 0.328 bits per heavy atom. The lowest BCUT2D eigenvalue weighted by atomic mass is 10.1. The number of carbonyl (C=O) groups is 1. The fourth-order valence-corrected chi connectivity index (χ4v) is 13.7. The molecular formula is C93H71BrCl2N20O3. The second-order valence-electron chi connectivity index (χ2n) is 26.3. The van der Waals surface area contributed by atoms with Gasteiger partial charge in [-0.2, -0.15) is 0 Å². The molecule has 0 saturated carbocycles. The minimum Gasteiger partial charge on any atom is -0.497 e. The van der Waals surface area contributed by atoms with Crippen LogP contribution in [0.2, 0.25) is 10.0 Å². The highest BCUT2D eigenvalue weighted by molar-refractivity contribution is 9.10. The normalized spacial score (nSPS) is 10.8. The maximum absolute atomic E-state index is 11.8. The fraction of sp³-hybridized carbons (Fsp3) is 0.0215. The van der Waals surface area contributed by atoms with Crippen molar-refractivity contribution in [3.05, 3.63) is 386 Å². The van der Waals surface area contributed by atoms with Gasteiger partial charge in [0.2, 0.25) is 0 Å². The van der Waals surface area contributed by atoms with Crippen LogP contribution in [-0.4, -0.2) is 92.0 Å². The van der Waals surface area contributed by atoms with Crippen LogP contribution in [0.15, 0.2) is 370 Å². The summed E-state index contributed by atoms with van der Waals surface area (Å²) >= 11 is 15.8. The van der Waals surface area contributed by atoms with Gasteiger partial charge in [-0.1, -0.05) is 215 Å². The Morgan fingerprint density at radius 3 is 0.975 bits per heavy atom. The second kappa shape index (κ2) is 36.8. The molecule has 10 aromatic heterocycles. The van der Waals surface area contributed by atoms with E-state index in [0.717, 1.165) is 152 Å². The number of para-hydroxylation sites is 1. The maximum Gasteiger partial charge on any atom is 0.337 e. The van der Waals surface area contributed by atoms with Gasteiger partial charge < -0.3 is 36.1 Å². The number of halogens is 3. The summed E-state index contributed by atoms with van der Waals surface area (Å²) in [7, 11) is 3.03. The number of hydrogen-bond acceptors (Lipinski definition) is 18. The third kappa shape index (κ3) is 18.3. The highest BCUT2D eigenvalue weighted by atomic mass is 79.9. The van der Waals surface area contributed by atoms with Crippen LogP contribution in [-0.2, 0) is 4.74 Å². The maximum atomic E-state index is 11.8. The molecule has 26 heteroatoms. The highest BCUT2D eigenvalue weighted by Crippen LogP contribution is 2.38. The van der Waals surface area contributed by atoms with Gasteiger partial charge in [0.25, 0.3) is 0 Å². The fourth-order valence-electron chi connectivity index (χ4n) is 13.0. The molecule has 0 aliphatic rings. The van der Waals surface area contributed by atoms with E-state index in [4.69, 9.17) is 57.6 Å². The Morgan fingerprint density at radius 2 is 0.639 bits per heavy atom. The molecule has 0 aliphatic heterocycles. The number of hydrogen-bond donors (Lipinski definition) is 5. The number of fused-ring (bicyclic) bond motifs is 5. The number of ether oxygens (including phenoxy) is 2. The van der Waals surface area contributed by atoms with Crippen molar-refractivity contribution in [3.63, 3.8) is 0 Å². The number of nitrogens with one attached hydrogen (secondary N) is 5. The monoisotopic (exact) mass is 1660 g/mol. The first kappa shape index (κ1) is 77.6. The Bertz CT molecular complexity index is 6820. The average Bonchev–Trinajstić information content (AvgIpc) is 1.67. The van der Waals surface area contributed by atoms with Gasteiger partial charge in [0, 0.05) is 122 Å². The number of aromatic nitrogens is 15. The van der Waals surface area contributed by atoms with Crippen molar-refractivity contribution in [2.24, 2.45) is 0 Å². The largest absolute Gasteiger partial charge is 0.497 e. The second-order valence-corrected chi connectivity index (χ2v) is 28.1. The van der Waals surface area contributed by atoms with Gasteiger partial charge in [-0.05, 0) is 97.1 Å². The van der Waals surface area contributed by atoms with Crippen molar-refractivity contribution < 1.29 is 14.3 Å². The Balaban J connectivity index is 0.000000111. The van der Waals surface area contributed by atoms with Crippen LogP contribution >= 0.6 is 39.1 Å². The molecule has 0 radical (unpaired) electrons. The molecule has 10 aromatic carbocycles. The van der Waals surface area contributed by atoms with Crippen molar-refractivity contribution >= 4 is 131 Å². The summed E-state index contributed by atoms with van der Waals surface area (Å²) in [6.45, 7) is 0. The van der Waals surface area contributed by atoms with Gasteiger partial charge in [0.15, 0.2) is 28.2 Å². The van der Waals surface area contributed by atoms with Gasteiger partial charge in [-0.3, -0.25) is 46.9 Å².